The Morgan fingerprint density at radius 3 is 2.70 bits per heavy atom. The van der Waals surface area contributed by atoms with E-state index in [0.29, 0.717) is 6.61 Å². The fraction of sp³-hybridized carbons (Fsp3) is 0.267. The van der Waals surface area contributed by atoms with Gasteiger partial charge < -0.3 is 19.7 Å². The van der Waals surface area contributed by atoms with Gasteiger partial charge in [0.15, 0.2) is 5.54 Å². The van der Waals surface area contributed by atoms with Crippen LogP contribution >= 0.6 is 15.9 Å². The molecule has 2 N–H and O–H groups in total. The molecule has 1 aliphatic heterocycles. The van der Waals surface area contributed by atoms with Gasteiger partial charge in [-0.2, -0.15) is 0 Å². The molecule has 3 rings (SSSR count). The van der Waals surface area contributed by atoms with Crippen LogP contribution in [-0.4, -0.2) is 45.3 Å². The number of rotatable bonds is 4. The first-order chi connectivity index (χ1) is 11.0. The molecule has 0 bridgehead atoms. The highest BCUT2D eigenvalue weighted by Crippen LogP contribution is 2.20. The average molecular weight is 380 g/mol. The summed E-state index contributed by atoms with van der Waals surface area (Å²) in [7, 11) is 0. The Labute approximate surface area is 140 Å². The third kappa shape index (κ3) is 3.13. The van der Waals surface area contributed by atoms with Crippen molar-refractivity contribution >= 4 is 27.8 Å². The maximum atomic E-state index is 12.3. The van der Waals surface area contributed by atoms with Crippen molar-refractivity contribution in [3.63, 3.8) is 0 Å². The van der Waals surface area contributed by atoms with E-state index in [2.05, 4.69) is 26.2 Å². The second kappa shape index (κ2) is 6.13. The lowest BCUT2D eigenvalue weighted by Crippen LogP contribution is -2.55. The summed E-state index contributed by atoms with van der Waals surface area (Å²) in [6.07, 6.45) is 3.31. The van der Waals surface area contributed by atoms with Crippen LogP contribution in [0.15, 0.2) is 41.3 Å². The Hall–Kier alpha value is -2.19. The first kappa shape index (κ1) is 15.7. The van der Waals surface area contributed by atoms with Crippen molar-refractivity contribution in [1.82, 2.24) is 14.9 Å². The molecule has 0 aliphatic carbocycles. The van der Waals surface area contributed by atoms with Gasteiger partial charge in [-0.05, 0) is 24.3 Å². The van der Waals surface area contributed by atoms with Crippen LogP contribution in [-0.2, 0) is 9.53 Å². The standard InChI is InChI=1S/C15H14BrN3O4/c16-10-1-3-11(4-2-10)19-7-12(17-9-19)13(20)18-15(14(21)22)5-6-23-8-15/h1-4,7,9H,5-6,8H2,(H,18,20)(H,21,22). The van der Waals surface area contributed by atoms with Crippen LogP contribution in [0.25, 0.3) is 5.69 Å². The van der Waals surface area contributed by atoms with Crippen LogP contribution in [0.4, 0.5) is 0 Å². The first-order valence-corrected chi connectivity index (χ1v) is 7.73. The highest BCUT2D eigenvalue weighted by Gasteiger charge is 2.44. The van der Waals surface area contributed by atoms with Gasteiger partial charge in [-0.25, -0.2) is 9.78 Å². The smallest absolute Gasteiger partial charge is 0.331 e. The van der Waals surface area contributed by atoms with Crippen LogP contribution in [0.2, 0.25) is 0 Å². The largest absolute Gasteiger partial charge is 0.479 e. The van der Waals surface area contributed by atoms with Crippen molar-refractivity contribution in [2.75, 3.05) is 13.2 Å². The van der Waals surface area contributed by atoms with E-state index in [1.165, 1.54) is 6.33 Å². The molecular weight excluding hydrogens is 366 g/mol. The SMILES string of the molecule is O=C(NC1(C(=O)O)CCOC1)c1cn(-c2ccc(Br)cc2)cn1. The van der Waals surface area contributed by atoms with Crippen LogP contribution in [0, 0.1) is 0 Å². The topological polar surface area (TPSA) is 93.5 Å². The zero-order valence-corrected chi connectivity index (χ0v) is 13.6. The number of nitrogens with one attached hydrogen (secondary N) is 1. The van der Waals surface area contributed by atoms with E-state index in [0.717, 1.165) is 10.2 Å². The molecule has 1 atom stereocenters. The predicted molar refractivity (Wildman–Crippen MR) is 84.5 cm³/mol. The van der Waals surface area contributed by atoms with Crippen LogP contribution in [0.5, 0.6) is 0 Å². The molecule has 0 radical (unpaired) electrons. The van der Waals surface area contributed by atoms with E-state index in [9.17, 15) is 14.7 Å². The van der Waals surface area contributed by atoms with Gasteiger partial charge in [0, 0.05) is 29.4 Å². The number of hydrogen-bond donors (Lipinski definition) is 2. The molecule has 2 aromatic rings. The fourth-order valence-electron chi connectivity index (χ4n) is 2.36. The minimum Gasteiger partial charge on any atom is -0.479 e. The number of carboxylic acids is 1. The molecule has 1 amide bonds. The number of benzene rings is 1. The normalized spacial score (nSPS) is 20.4. The van der Waals surface area contributed by atoms with Gasteiger partial charge in [-0.3, -0.25) is 4.79 Å². The first-order valence-electron chi connectivity index (χ1n) is 6.94. The van der Waals surface area contributed by atoms with Crippen molar-refractivity contribution in [1.29, 1.82) is 0 Å². The number of carboxylic acid groups (broad SMARTS) is 1. The summed E-state index contributed by atoms with van der Waals surface area (Å²) in [6, 6.07) is 7.50. The highest BCUT2D eigenvalue weighted by molar-refractivity contribution is 9.10. The number of imidazole rings is 1. The van der Waals surface area contributed by atoms with Crippen LogP contribution in [0.3, 0.4) is 0 Å². The molecule has 120 valence electrons. The molecule has 1 fully saturated rings. The third-order valence-electron chi connectivity index (χ3n) is 3.72. The van der Waals surface area contributed by atoms with Crippen LogP contribution < -0.4 is 5.32 Å². The molecule has 1 saturated heterocycles. The third-order valence-corrected chi connectivity index (χ3v) is 4.25. The summed E-state index contributed by atoms with van der Waals surface area (Å²) in [5, 5.41) is 11.9. The van der Waals surface area contributed by atoms with Gasteiger partial charge in [0.1, 0.15) is 12.0 Å². The number of hydrogen-bond acceptors (Lipinski definition) is 4. The number of carbonyl (C=O) groups is 2. The van der Waals surface area contributed by atoms with E-state index in [1.807, 2.05) is 24.3 Å². The lowest BCUT2D eigenvalue weighted by atomic mass is 9.99. The van der Waals surface area contributed by atoms with Gasteiger partial charge in [0.05, 0.1) is 6.61 Å². The predicted octanol–water partition coefficient (Wildman–Crippen LogP) is 1.61. The second-order valence-electron chi connectivity index (χ2n) is 5.29. The molecule has 8 heteroatoms. The zero-order chi connectivity index (χ0) is 16.4. The van der Waals surface area contributed by atoms with Crippen molar-refractivity contribution < 1.29 is 19.4 Å². The Morgan fingerprint density at radius 1 is 1.35 bits per heavy atom. The van der Waals surface area contributed by atoms with E-state index >= 15 is 0 Å². The minimum atomic E-state index is -1.38. The quantitative estimate of drug-likeness (QED) is 0.841. The molecule has 1 aromatic heterocycles. The van der Waals surface area contributed by atoms with E-state index in [-0.39, 0.29) is 18.7 Å². The van der Waals surface area contributed by atoms with Gasteiger partial charge in [-0.1, -0.05) is 15.9 Å². The molecule has 7 nitrogen and oxygen atoms in total. The number of amides is 1. The molecule has 0 saturated carbocycles. The number of halogens is 1. The number of aromatic nitrogens is 2. The molecule has 0 spiro atoms. The zero-order valence-electron chi connectivity index (χ0n) is 12.0. The summed E-state index contributed by atoms with van der Waals surface area (Å²) in [5.41, 5.74) is -0.379. The van der Waals surface area contributed by atoms with Gasteiger partial charge in [0.2, 0.25) is 0 Å². The summed E-state index contributed by atoms with van der Waals surface area (Å²) in [6.45, 7) is 0.265. The summed E-state index contributed by atoms with van der Waals surface area (Å²) < 4.78 is 7.76. The lowest BCUT2D eigenvalue weighted by Gasteiger charge is -2.22. The summed E-state index contributed by atoms with van der Waals surface area (Å²) in [4.78, 5) is 27.8. The van der Waals surface area contributed by atoms with E-state index in [1.54, 1.807) is 10.8 Å². The van der Waals surface area contributed by atoms with E-state index < -0.39 is 17.4 Å². The van der Waals surface area contributed by atoms with Crippen molar-refractivity contribution in [2.45, 2.75) is 12.0 Å². The number of nitrogens with zero attached hydrogens (tertiary/aromatic N) is 2. The Kier molecular flexibility index (Phi) is 4.18. The molecule has 1 aromatic carbocycles. The molecule has 23 heavy (non-hydrogen) atoms. The molecular formula is C15H14BrN3O4. The number of carbonyl (C=O) groups excluding carboxylic acids is 1. The minimum absolute atomic E-state index is 0.0402. The Bertz CT molecular complexity index is 735. The lowest BCUT2D eigenvalue weighted by molar-refractivity contribution is -0.144. The van der Waals surface area contributed by atoms with Crippen LogP contribution in [0.1, 0.15) is 16.9 Å². The number of ether oxygens (including phenoxy) is 1. The van der Waals surface area contributed by atoms with Gasteiger partial charge in [0.25, 0.3) is 5.91 Å². The number of aliphatic carboxylic acids is 1. The fourth-order valence-corrected chi connectivity index (χ4v) is 2.63. The molecule has 1 unspecified atom stereocenters. The maximum Gasteiger partial charge on any atom is 0.331 e. The highest BCUT2D eigenvalue weighted by atomic mass is 79.9. The van der Waals surface area contributed by atoms with Crippen molar-refractivity contribution in [3.05, 3.63) is 47.0 Å². The van der Waals surface area contributed by atoms with E-state index in [4.69, 9.17) is 4.74 Å². The van der Waals surface area contributed by atoms with Gasteiger partial charge in [-0.15, -0.1) is 0 Å². The Balaban J connectivity index is 1.78. The maximum absolute atomic E-state index is 12.3. The summed E-state index contributed by atoms with van der Waals surface area (Å²) in [5.74, 6) is -1.63. The van der Waals surface area contributed by atoms with Gasteiger partial charge >= 0.3 is 5.97 Å². The molecule has 2 heterocycles. The summed E-state index contributed by atoms with van der Waals surface area (Å²) >= 11 is 3.36. The molecule has 1 aliphatic rings. The van der Waals surface area contributed by atoms with Crippen molar-refractivity contribution in [3.8, 4) is 5.69 Å². The average Bonchev–Trinajstić information content (AvgIpc) is 3.17. The Morgan fingerprint density at radius 2 is 2.09 bits per heavy atom. The monoisotopic (exact) mass is 379 g/mol. The second-order valence-corrected chi connectivity index (χ2v) is 6.20. The van der Waals surface area contributed by atoms with Crippen molar-refractivity contribution in [2.24, 2.45) is 0 Å².